The number of hydrogen-bond acceptors (Lipinski definition) is 4. The molecule has 0 saturated heterocycles. The molecule has 0 spiro atoms. The van der Waals surface area contributed by atoms with Crippen LogP contribution in [-0.2, 0) is 11.8 Å². The molecule has 0 saturated carbocycles. The molecule has 1 aromatic rings. The van der Waals surface area contributed by atoms with E-state index in [-0.39, 0.29) is 16.7 Å². The highest BCUT2D eigenvalue weighted by molar-refractivity contribution is 8.00. The number of aryl methyl sites for hydroxylation is 1. The van der Waals surface area contributed by atoms with Crippen LogP contribution in [0.25, 0.3) is 0 Å². The molecule has 1 N–H and O–H groups in total. The van der Waals surface area contributed by atoms with Gasteiger partial charge in [0.2, 0.25) is 5.91 Å². The molecular formula is C10H18N4OS. The van der Waals surface area contributed by atoms with E-state index in [1.807, 2.05) is 34.7 Å². The molecule has 1 atom stereocenters. The van der Waals surface area contributed by atoms with Crippen molar-refractivity contribution in [2.24, 2.45) is 7.05 Å². The second-order valence-corrected chi connectivity index (χ2v) is 6.03. The predicted octanol–water partition coefficient (Wildman–Crippen LogP) is 1.21. The van der Waals surface area contributed by atoms with Crippen molar-refractivity contribution in [2.45, 2.75) is 43.6 Å². The van der Waals surface area contributed by atoms with Crippen molar-refractivity contribution in [1.82, 2.24) is 20.1 Å². The molecule has 0 bridgehead atoms. The third-order valence-electron chi connectivity index (χ3n) is 1.82. The van der Waals surface area contributed by atoms with E-state index < -0.39 is 0 Å². The predicted molar refractivity (Wildman–Crippen MR) is 64.2 cm³/mol. The third-order valence-corrected chi connectivity index (χ3v) is 2.97. The van der Waals surface area contributed by atoms with Crippen LogP contribution in [0.1, 0.15) is 27.7 Å². The molecule has 0 radical (unpaired) electrons. The Balaban J connectivity index is 2.56. The molecule has 0 aliphatic rings. The number of carbonyl (C=O) groups is 1. The lowest BCUT2D eigenvalue weighted by Gasteiger charge is -2.22. The van der Waals surface area contributed by atoms with Gasteiger partial charge in [0.05, 0.1) is 5.25 Å². The fourth-order valence-electron chi connectivity index (χ4n) is 1.06. The molecule has 0 aliphatic heterocycles. The van der Waals surface area contributed by atoms with Crippen LogP contribution in [0.3, 0.4) is 0 Å². The molecular weight excluding hydrogens is 224 g/mol. The standard InChI is InChI=1S/C10H18N4OS/c1-7(8(15)12-10(2,3)4)16-9-13-11-6-14(9)5/h6-7H,1-5H3,(H,12,15). The van der Waals surface area contributed by atoms with Crippen LogP contribution < -0.4 is 5.32 Å². The van der Waals surface area contributed by atoms with Gasteiger partial charge in [-0.25, -0.2) is 0 Å². The molecule has 1 amide bonds. The Morgan fingerprint density at radius 2 is 2.19 bits per heavy atom. The molecule has 0 aliphatic carbocycles. The quantitative estimate of drug-likeness (QED) is 0.809. The summed E-state index contributed by atoms with van der Waals surface area (Å²) in [7, 11) is 1.86. The summed E-state index contributed by atoms with van der Waals surface area (Å²) in [5.74, 6) is 0.0144. The summed E-state index contributed by atoms with van der Waals surface area (Å²) in [6, 6.07) is 0. The first-order valence-electron chi connectivity index (χ1n) is 5.12. The van der Waals surface area contributed by atoms with Crippen LogP contribution in [0.4, 0.5) is 0 Å². The largest absolute Gasteiger partial charge is 0.351 e. The van der Waals surface area contributed by atoms with Gasteiger partial charge in [-0.05, 0) is 27.7 Å². The van der Waals surface area contributed by atoms with Gasteiger partial charge in [0, 0.05) is 12.6 Å². The summed E-state index contributed by atoms with van der Waals surface area (Å²) in [5, 5.41) is 11.2. The van der Waals surface area contributed by atoms with Crippen molar-refractivity contribution in [2.75, 3.05) is 0 Å². The monoisotopic (exact) mass is 242 g/mol. The number of amides is 1. The van der Waals surface area contributed by atoms with Crippen molar-refractivity contribution >= 4 is 17.7 Å². The SMILES string of the molecule is CC(Sc1nncn1C)C(=O)NC(C)(C)C. The number of carbonyl (C=O) groups excluding carboxylic acids is 1. The molecule has 1 rings (SSSR count). The minimum Gasteiger partial charge on any atom is -0.351 e. The zero-order chi connectivity index (χ0) is 12.3. The molecule has 1 aromatic heterocycles. The zero-order valence-corrected chi connectivity index (χ0v) is 11.1. The van der Waals surface area contributed by atoms with Crippen molar-refractivity contribution in [3.05, 3.63) is 6.33 Å². The lowest BCUT2D eigenvalue weighted by atomic mass is 10.1. The molecule has 1 heterocycles. The van der Waals surface area contributed by atoms with Gasteiger partial charge >= 0.3 is 0 Å². The minimum absolute atomic E-state index is 0.0144. The molecule has 0 aromatic carbocycles. The molecule has 16 heavy (non-hydrogen) atoms. The topological polar surface area (TPSA) is 59.8 Å². The van der Waals surface area contributed by atoms with Crippen LogP contribution in [0.15, 0.2) is 11.5 Å². The van der Waals surface area contributed by atoms with Gasteiger partial charge in [0.15, 0.2) is 5.16 Å². The van der Waals surface area contributed by atoms with Crippen LogP contribution in [-0.4, -0.2) is 31.5 Å². The lowest BCUT2D eigenvalue weighted by molar-refractivity contribution is -0.121. The molecule has 0 fully saturated rings. The van der Waals surface area contributed by atoms with Crippen LogP contribution >= 0.6 is 11.8 Å². The average Bonchev–Trinajstić information content (AvgIpc) is 2.49. The lowest BCUT2D eigenvalue weighted by Crippen LogP contribution is -2.44. The Morgan fingerprint density at radius 1 is 1.56 bits per heavy atom. The number of nitrogens with one attached hydrogen (secondary N) is 1. The van der Waals surface area contributed by atoms with Crippen molar-refractivity contribution < 1.29 is 4.79 Å². The maximum absolute atomic E-state index is 11.8. The first kappa shape index (κ1) is 13.0. The van der Waals surface area contributed by atoms with Gasteiger partial charge in [0.1, 0.15) is 6.33 Å². The first-order chi connectivity index (χ1) is 7.29. The van der Waals surface area contributed by atoms with Crippen molar-refractivity contribution in [3.8, 4) is 0 Å². The van der Waals surface area contributed by atoms with Gasteiger partial charge in [-0.1, -0.05) is 11.8 Å². The summed E-state index contributed by atoms with van der Waals surface area (Å²) in [5.41, 5.74) is -0.203. The normalized spacial score (nSPS) is 13.6. The third kappa shape index (κ3) is 3.84. The van der Waals surface area contributed by atoms with E-state index in [0.717, 1.165) is 5.16 Å². The minimum atomic E-state index is -0.203. The van der Waals surface area contributed by atoms with E-state index in [1.54, 1.807) is 10.9 Å². The molecule has 6 heteroatoms. The summed E-state index contributed by atoms with van der Waals surface area (Å²) in [6.45, 7) is 7.75. The van der Waals surface area contributed by atoms with Gasteiger partial charge in [-0.15, -0.1) is 10.2 Å². The summed E-state index contributed by atoms with van der Waals surface area (Å²) < 4.78 is 1.80. The number of hydrogen-bond donors (Lipinski definition) is 1. The second-order valence-electron chi connectivity index (χ2n) is 4.72. The fourth-order valence-corrected chi connectivity index (χ4v) is 1.85. The fraction of sp³-hybridized carbons (Fsp3) is 0.700. The number of aromatic nitrogens is 3. The highest BCUT2D eigenvalue weighted by atomic mass is 32.2. The first-order valence-corrected chi connectivity index (χ1v) is 6.00. The highest BCUT2D eigenvalue weighted by Gasteiger charge is 2.21. The van der Waals surface area contributed by atoms with Gasteiger partial charge in [-0.3, -0.25) is 4.79 Å². The summed E-state index contributed by atoms with van der Waals surface area (Å²) in [6.07, 6.45) is 1.62. The van der Waals surface area contributed by atoms with Crippen molar-refractivity contribution in [3.63, 3.8) is 0 Å². The summed E-state index contributed by atoms with van der Waals surface area (Å²) in [4.78, 5) is 11.8. The Kier molecular flexibility index (Phi) is 3.96. The molecule has 5 nitrogen and oxygen atoms in total. The summed E-state index contributed by atoms with van der Waals surface area (Å²) >= 11 is 1.40. The number of rotatable bonds is 3. The van der Waals surface area contributed by atoms with Gasteiger partial charge in [0.25, 0.3) is 0 Å². The Bertz CT molecular complexity index is 369. The van der Waals surface area contributed by atoms with Crippen LogP contribution in [0.5, 0.6) is 0 Å². The van der Waals surface area contributed by atoms with E-state index in [1.165, 1.54) is 11.8 Å². The Hall–Kier alpha value is -1.04. The molecule has 1 unspecified atom stereocenters. The maximum atomic E-state index is 11.8. The molecule has 90 valence electrons. The van der Waals surface area contributed by atoms with Gasteiger partial charge in [-0.2, -0.15) is 0 Å². The zero-order valence-electron chi connectivity index (χ0n) is 10.3. The maximum Gasteiger partial charge on any atom is 0.233 e. The van der Waals surface area contributed by atoms with E-state index >= 15 is 0 Å². The number of nitrogens with zero attached hydrogens (tertiary/aromatic N) is 3. The van der Waals surface area contributed by atoms with Crippen LogP contribution in [0.2, 0.25) is 0 Å². The smallest absolute Gasteiger partial charge is 0.233 e. The van der Waals surface area contributed by atoms with Crippen LogP contribution in [0, 0.1) is 0 Å². The van der Waals surface area contributed by atoms with E-state index in [9.17, 15) is 4.79 Å². The van der Waals surface area contributed by atoms with E-state index in [4.69, 9.17) is 0 Å². The number of thioether (sulfide) groups is 1. The van der Waals surface area contributed by atoms with E-state index in [2.05, 4.69) is 15.5 Å². The van der Waals surface area contributed by atoms with Gasteiger partial charge < -0.3 is 9.88 Å². The van der Waals surface area contributed by atoms with E-state index in [0.29, 0.717) is 0 Å². The highest BCUT2D eigenvalue weighted by Crippen LogP contribution is 2.20. The Labute approximate surface area is 100 Å². The average molecular weight is 242 g/mol. The second kappa shape index (κ2) is 4.86. The Morgan fingerprint density at radius 3 is 2.62 bits per heavy atom. The van der Waals surface area contributed by atoms with Crippen molar-refractivity contribution in [1.29, 1.82) is 0 Å².